The van der Waals surface area contributed by atoms with Crippen LogP contribution in [0.1, 0.15) is 5.56 Å². The molecule has 7 heteroatoms. The fraction of sp³-hybridized carbons (Fsp3) is 0.211. The highest BCUT2D eigenvalue weighted by atomic mass is 32.2. The number of nitrogens with zero attached hydrogens (tertiary/aromatic N) is 4. The lowest BCUT2D eigenvalue weighted by atomic mass is 10.2. The minimum atomic E-state index is -0.0421. The summed E-state index contributed by atoms with van der Waals surface area (Å²) in [5.41, 5.74) is 3.00. The van der Waals surface area contributed by atoms with E-state index in [9.17, 15) is 4.79 Å². The van der Waals surface area contributed by atoms with E-state index in [0.717, 1.165) is 41.1 Å². The highest BCUT2D eigenvalue weighted by Gasteiger charge is 2.26. The van der Waals surface area contributed by atoms with Crippen LogP contribution in [0.15, 0.2) is 59.8 Å². The zero-order chi connectivity index (χ0) is 17.9. The number of para-hydroxylation sites is 2. The summed E-state index contributed by atoms with van der Waals surface area (Å²) in [6, 6.07) is 17.9. The Bertz CT molecular complexity index is 925. The third kappa shape index (κ3) is 3.30. The molecular formula is C19H19N5OS. The number of benzene rings is 2. The van der Waals surface area contributed by atoms with Crippen LogP contribution in [0.3, 0.4) is 0 Å². The number of carbonyl (C=O) groups is 1. The lowest BCUT2D eigenvalue weighted by molar-refractivity contribution is -0.113. The van der Waals surface area contributed by atoms with Crippen molar-refractivity contribution in [3.05, 3.63) is 60.2 Å². The molecule has 0 saturated heterocycles. The standard InChI is InChI=1S/C19H19N5OS/c1-14-7-5-6-10-16(14)20-17(25)13-26-19-22-21-18-23(11-12-24(18)19)15-8-3-2-4-9-15/h2-10H,11-13H2,1H3,(H,20,25). The second-order valence-corrected chi connectivity index (χ2v) is 7.02. The molecule has 2 aromatic carbocycles. The van der Waals surface area contributed by atoms with Crippen LogP contribution in [0.5, 0.6) is 0 Å². The van der Waals surface area contributed by atoms with Crippen molar-refractivity contribution in [2.45, 2.75) is 18.6 Å². The number of aromatic nitrogens is 3. The van der Waals surface area contributed by atoms with Crippen molar-refractivity contribution in [3.63, 3.8) is 0 Å². The molecule has 0 bridgehead atoms. The molecule has 1 aliphatic heterocycles. The van der Waals surface area contributed by atoms with Crippen molar-refractivity contribution in [3.8, 4) is 0 Å². The molecule has 4 rings (SSSR count). The SMILES string of the molecule is Cc1ccccc1NC(=O)CSc1nnc2n1CCN2c1ccccc1. The summed E-state index contributed by atoms with van der Waals surface area (Å²) in [5.74, 6) is 1.09. The smallest absolute Gasteiger partial charge is 0.234 e. The van der Waals surface area contributed by atoms with Gasteiger partial charge in [-0.25, -0.2) is 0 Å². The predicted octanol–water partition coefficient (Wildman–Crippen LogP) is 3.47. The first-order chi connectivity index (χ1) is 12.7. The Morgan fingerprint density at radius 1 is 1.08 bits per heavy atom. The third-order valence-electron chi connectivity index (χ3n) is 4.31. The van der Waals surface area contributed by atoms with Gasteiger partial charge >= 0.3 is 0 Å². The topological polar surface area (TPSA) is 63.1 Å². The average Bonchev–Trinajstić information content (AvgIpc) is 3.25. The molecule has 6 nitrogen and oxygen atoms in total. The van der Waals surface area contributed by atoms with Gasteiger partial charge in [0.1, 0.15) is 0 Å². The highest BCUT2D eigenvalue weighted by Crippen LogP contribution is 2.31. The summed E-state index contributed by atoms with van der Waals surface area (Å²) in [6.07, 6.45) is 0. The molecule has 0 fully saturated rings. The van der Waals surface area contributed by atoms with Crippen LogP contribution in [-0.4, -0.2) is 33.0 Å². The van der Waals surface area contributed by atoms with Gasteiger partial charge in [0.2, 0.25) is 11.9 Å². The fourth-order valence-electron chi connectivity index (χ4n) is 2.97. The van der Waals surface area contributed by atoms with E-state index in [2.05, 4.69) is 37.1 Å². The molecule has 1 amide bonds. The Kier molecular flexibility index (Phi) is 4.62. The quantitative estimate of drug-likeness (QED) is 0.702. The lowest BCUT2D eigenvalue weighted by Crippen LogP contribution is -2.15. The van der Waals surface area contributed by atoms with Crippen LogP contribution in [0.25, 0.3) is 0 Å². The normalized spacial score (nSPS) is 12.9. The molecule has 3 aromatic rings. The molecular weight excluding hydrogens is 346 g/mol. The number of hydrogen-bond donors (Lipinski definition) is 1. The van der Waals surface area contributed by atoms with Gasteiger partial charge in [0.25, 0.3) is 0 Å². The maximum absolute atomic E-state index is 12.2. The van der Waals surface area contributed by atoms with Crippen molar-refractivity contribution in [1.29, 1.82) is 0 Å². The number of nitrogens with one attached hydrogen (secondary N) is 1. The number of aryl methyl sites for hydroxylation is 1. The van der Waals surface area contributed by atoms with Gasteiger partial charge in [-0.1, -0.05) is 48.2 Å². The van der Waals surface area contributed by atoms with E-state index < -0.39 is 0 Å². The summed E-state index contributed by atoms with van der Waals surface area (Å²) >= 11 is 1.41. The molecule has 0 spiro atoms. The zero-order valence-electron chi connectivity index (χ0n) is 14.4. The molecule has 0 radical (unpaired) electrons. The molecule has 1 aliphatic rings. The number of thioether (sulfide) groups is 1. The second-order valence-electron chi connectivity index (χ2n) is 6.07. The first-order valence-electron chi connectivity index (χ1n) is 8.46. The van der Waals surface area contributed by atoms with Gasteiger partial charge in [-0.3, -0.25) is 9.36 Å². The van der Waals surface area contributed by atoms with Crippen molar-refractivity contribution in [2.75, 3.05) is 22.5 Å². The molecule has 0 aliphatic carbocycles. The van der Waals surface area contributed by atoms with Crippen molar-refractivity contribution >= 4 is 35.0 Å². The number of hydrogen-bond acceptors (Lipinski definition) is 5. The Morgan fingerprint density at radius 2 is 1.85 bits per heavy atom. The maximum Gasteiger partial charge on any atom is 0.234 e. The summed E-state index contributed by atoms with van der Waals surface area (Å²) in [6.45, 7) is 3.66. The number of amides is 1. The van der Waals surface area contributed by atoms with Crippen LogP contribution in [0, 0.1) is 6.92 Å². The minimum Gasteiger partial charge on any atom is -0.325 e. The van der Waals surface area contributed by atoms with Gasteiger partial charge in [0.15, 0.2) is 5.16 Å². The van der Waals surface area contributed by atoms with E-state index in [1.165, 1.54) is 11.8 Å². The molecule has 1 N–H and O–H groups in total. The van der Waals surface area contributed by atoms with E-state index in [-0.39, 0.29) is 5.91 Å². The molecule has 0 atom stereocenters. The van der Waals surface area contributed by atoms with E-state index in [1.54, 1.807) is 0 Å². The Labute approximate surface area is 156 Å². The number of rotatable bonds is 5. The summed E-state index contributed by atoms with van der Waals surface area (Å²) in [5, 5.41) is 12.3. The fourth-order valence-corrected chi connectivity index (χ4v) is 3.72. The Hall–Kier alpha value is -2.80. The predicted molar refractivity (Wildman–Crippen MR) is 104 cm³/mol. The van der Waals surface area contributed by atoms with E-state index >= 15 is 0 Å². The van der Waals surface area contributed by atoms with Gasteiger partial charge in [-0.05, 0) is 30.7 Å². The van der Waals surface area contributed by atoms with Gasteiger partial charge < -0.3 is 10.2 Å². The minimum absolute atomic E-state index is 0.0421. The van der Waals surface area contributed by atoms with Crippen LogP contribution in [-0.2, 0) is 11.3 Å². The van der Waals surface area contributed by atoms with Crippen LogP contribution >= 0.6 is 11.8 Å². The van der Waals surface area contributed by atoms with E-state index in [1.807, 2.05) is 49.4 Å². The zero-order valence-corrected chi connectivity index (χ0v) is 15.2. The van der Waals surface area contributed by atoms with Gasteiger partial charge in [-0.15, -0.1) is 10.2 Å². The molecule has 0 unspecified atom stereocenters. The molecule has 0 saturated carbocycles. The molecule has 1 aromatic heterocycles. The number of fused-ring (bicyclic) bond motifs is 1. The largest absolute Gasteiger partial charge is 0.325 e. The van der Waals surface area contributed by atoms with Crippen molar-refractivity contribution in [1.82, 2.24) is 14.8 Å². The van der Waals surface area contributed by atoms with Gasteiger partial charge in [-0.2, -0.15) is 0 Å². The van der Waals surface area contributed by atoms with Gasteiger partial charge in [0.05, 0.1) is 5.75 Å². The molecule has 26 heavy (non-hydrogen) atoms. The summed E-state index contributed by atoms with van der Waals surface area (Å²) in [7, 11) is 0. The Morgan fingerprint density at radius 3 is 2.65 bits per heavy atom. The average molecular weight is 365 g/mol. The number of anilines is 3. The van der Waals surface area contributed by atoms with Crippen LogP contribution in [0.4, 0.5) is 17.3 Å². The van der Waals surface area contributed by atoms with Gasteiger partial charge in [0, 0.05) is 24.5 Å². The van der Waals surface area contributed by atoms with E-state index in [4.69, 9.17) is 0 Å². The summed E-state index contributed by atoms with van der Waals surface area (Å²) < 4.78 is 2.07. The van der Waals surface area contributed by atoms with E-state index in [0.29, 0.717) is 5.75 Å². The van der Waals surface area contributed by atoms with Crippen LogP contribution < -0.4 is 10.2 Å². The monoisotopic (exact) mass is 365 g/mol. The first kappa shape index (κ1) is 16.7. The first-order valence-corrected chi connectivity index (χ1v) is 9.45. The Balaban J connectivity index is 1.41. The van der Waals surface area contributed by atoms with Crippen molar-refractivity contribution < 1.29 is 4.79 Å². The maximum atomic E-state index is 12.2. The van der Waals surface area contributed by atoms with Crippen LogP contribution in [0.2, 0.25) is 0 Å². The third-order valence-corrected chi connectivity index (χ3v) is 5.27. The van der Waals surface area contributed by atoms with Crippen molar-refractivity contribution in [2.24, 2.45) is 0 Å². The number of carbonyl (C=O) groups excluding carboxylic acids is 1. The lowest BCUT2D eigenvalue weighted by Gasteiger charge is -2.14. The molecule has 132 valence electrons. The summed E-state index contributed by atoms with van der Waals surface area (Å²) in [4.78, 5) is 14.4. The molecule has 2 heterocycles. The highest BCUT2D eigenvalue weighted by molar-refractivity contribution is 7.99. The second kappa shape index (κ2) is 7.21.